The molecule has 0 amide bonds. The van der Waals surface area contributed by atoms with E-state index in [1.807, 2.05) is 65.8 Å². The van der Waals surface area contributed by atoms with Gasteiger partial charge in [0.2, 0.25) is 0 Å². The fourth-order valence-corrected chi connectivity index (χ4v) is 10.5. The van der Waals surface area contributed by atoms with Crippen LogP contribution in [-0.4, -0.2) is 41.3 Å². The molecule has 0 bridgehead atoms. The van der Waals surface area contributed by atoms with Crippen molar-refractivity contribution in [2.24, 2.45) is 0 Å². The van der Waals surface area contributed by atoms with Crippen molar-refractivity contribution in [1.82, 2.24) is 0 Å². The molecular formula is C42H49O6PSi. The van der Waals surface area contributed by atoms with E-state index in [0.29, 0.717) is 0 Å². The topological polar surface area (TPSA) is 63.2 Å². The fraction of sp³-hybridized carbons (Fsp3) is 0.286. The second kappa shape index (κ2) is 15.3. The zero-order valence-electron chi connectivity index (χ0n) is 30.7. The highest BCUT2D eigenvalue weighted by Crippen LogP contribution is 2.57. The molecule has 5 aromatic carbocycles. The SMILES string of the molecule is CO[Si](OC)(OC)c1ccc(/C=C/c2c3ccccc3c(/C=C/c3ccc(CP(=O)(OC(C)(C)C)OC(C)(C)C)cc3)c3ccccc23)cc1. The maximum absolute atomic E-state index is 13.8. The van der Waals surface area contributed by atoms with Gasteiger partial charge in [-0.05, 0) is 90.9 Å². The van der Waals surface area contributed by atoms with E-state index in [1.165, 1.54) is 21.5 Å². The molecule has 0 N–H and O–H groups in total. The predicted octanol–water partition coefficient (Wildman–Crippen LogP) is 10.7. The minimum absolute atomic E-state index is 0.204. The lowest BCUT2D eigenvalue weighted by atomic mass is 9.91. The van der Waals surface area contributed by atoms with Crippen molar-refractivity contribution in [2.75, 3.05) is 21.3 Å². The monoisotopic (exact) mass is 708 g/mol. The van der Waals surface area contributed by atoms with Gasteiger partial charge in [-0.15, -0.1) is 0 Å². The highest BCUT2D eigenvalue weighted by molar-refractivity contribution is 7.53. The van der Waals surface area contributed by atoms with Crippen molar-refractivity contribution in [2.45, 2.75) is 58.9 Å². The van der Waals surface area contributed by atoms with E-state index < -0.39 is 27.6 Å². The molecule has 0 aromatic heterocycles. The van der Waals surface area contributed by atoms with Crippen LogP contribution in [0.3, 0.4) is 0 Å². The predicted molar refractivity (Wildman–Crippen MR) is 212 cm³/mol. The maximum atomic E-state index is 13.8. The highest BCUT2D eigenvalue weighted by atomic mass is 31.2. The Morgan fingerprint density at radius 3 is 1.24 bits per heavy atom. The van der Waals surface area contributed by atoms with Gasteiger partial charge in [0.1, 0.15) is 0 Å². The van der Waals surface area contributed by atoms with Crippen LogP contribution in [0, 0.1) is 0 Å². The summed E-state index contributed by atoms with van der Waals surface area (Å²) in [5.41, 5.74) is 4.13. The van der Waals surface area contributed by atoms with Gasteiger partial charge in [0.15, 0.2) is 0 Å². The van der Waals surface area contributed by atoms with Crippen LogP contribution in [0.2, 0.25) is 0 Å². The molecule has 0 radical (unpaired) electrons. The van der Waals surface area contributed by atoms with Gasteiger partial charge in [-0.25, -0.2) is 0 Å². The van der Waals surface area contributed by atoms with Crippen LogP contribution in [-0.2, 0) is 33.1 Å². The highest BCUT2D eigenvalue weighted by Gasteiger charge is 2.40. The van der Waals surface area contributed by atoms with Crippen molar-refractivity contribution in [3.63, 3.8) is 0 Å². The number of benzene rings is 5. The minimum atomic E-state index is -3.40. The van der Waals surface area contributed by atoms with Crippen LogP contribution in [0.4, 0.5) is 0 Å². The van der Waals surface area contributed by atoms with Crippen molar-refractivity contribution in [1.29, 1.82) is 0 Å². The average Bonchev–Trinajstić information content (AvgIpc) is 3.06. The van der Waals surface area contributed by atoms with E-state index in [-0.39, 0.29) is 6.16 Å². The zero-order chi connectivity index (χ0) is 36.2. The summed E-state index contributed by atoms with van der Waals surface area (Å²) in [6.07, 6.45) is 8.87. The average molecular weight is 709 g/mol. The third-order valence-corrected chi connectivity index (χ3v) is 13.2. The quantitative estimate of drug-likeness (QED) is 0.0556. The molecular weight excluding hydrogens is 660 g/mol. The second-order valence-electron chi connectivity index (χ2n) is 14.3. The summed E-state index contributed by atoms with van der Waals surface area (Å²) < 4.78 is 42.8. The van der Waals surface area contributed by atoms with Gasteiger partial charge in [-0.1, -0.05) is 121 Å². The second-order valence-corrected chi connectivity index (χ2v) is 19.1. The molecule has 0 aliphatic rings. The van der Waals surface area contributed by atoms with Crippen LogP contribution in [0.15, 0.2) is 97.1 Å². The molecule has 0 aliphatic carbocycles. The molecule has 5 rings (SSSR count). The Bertz CT molecular complexity index is 1950. The standard InChI is InChI=1S/C42H49O6PSi/c1-41(2,3)47-49(43,48-42(4,5)6)30-33-20-18-31(19-21-33)24-28-39-35-14-10-12-16-37(35)40(38-17-13-11-15-36(38)39)29-25-32-22-26-34(27-23-32)50(44-7,45-8)46-9/h10-29H,30H2,1-9H3/b28-24+,29-25+. The van der Waals surface area contributed by atoms with Crippen molar-refractivity contribution in [3.05, 3.63) is 125 Å². The third kappa shape index (κ3) is 8.98. The summed E-state index contributed by atoms with van der Waals surface area (Å²) in [4.78, 5) is 0. The minimum Gasteiger partial charge on any atom is -0.373 e. The first-order valence-electron chi connectivity index (χ1n) is 16.8. The Balaban J connectivity index is 1.46. The molecule has 0 fully saturated rings. The summed E-state index contributed by atoms with van der Waals surface area (Å²) in [7, 11) is -1.44. The van der Waals surface area contributed by atoms with Gasteiger partial charge >= 0.3 is 16.4 Å². The van der Waals surface area contributed by atoms with Crippen LogP contribution in [0.5, 0.6) is 0 Å². The first-order valence-corrected chi connectivity index (χ1v) is 20.3. The van der Waals surface area contributed by atoms with E-state index in [9.17, 15) is 4.57 Å². The van der Waals surface area contributed by atoms with Crippen LogP contribution < -0.4 is 5.19 Å². The van der Waals surface area contributed by atoms with Gasteiger partial charge in [0.25, 0.3) is 0 Å². The summed E-state index contributed by atoms with van der Waals surface area (Å²) in [6.45, 7) is 11.4. The molecule has 6 nitrogen and oxygen atoms in total. The largest absolute Gasteiger partial charge is 0.536 e. The van der Waals surface area contributed by atoms with E-state index in [2.05, 4.69) is 97.1 Å². The van der Waals surface area contributed by atoms with Gasteiger partial charge in [0.05, 0.1) is 17.4 Å². The Labute approximate surface area is 298 Å². The lowest BCUT2D eigenvalue weighted by Crippen LogP contribution is -2.54. The van der Waals surface area contributed by atoms with E-state index in [0.717, 1.165) is 33.0 Å². The van der Waals surface area contributed by atoms with Crippen LogP contribution in [0.25, 0.3) is 45.8 Å². The van der Waals surface area contributed by atoms with Crippen LogP contribution in [0.1, 0.15) is 69.4 Å². The molecule has 50 heavy (non-hydrogen) atoms. The van der Waals surface area contributed by atoms with E-state index in [1.54, 1.807) is 21.3 Å². The Morgan fingerprint density at radius 2 is 0.900 bits per heavy atom. The Kier molecular flexibility index (Phi) is 11.5. The molecule has 0 unspecified atom stereocenters. The van der Waals surface area contributed by atoms with Gasteiger partial charge < -0.3 is 22.3 Å². The molecule has 0 aliphatic heterocycles. The smallest absolute Gasteiger partial charge is 0.373 e. The summed E-state index contributed by atoms with van der Waals surface area (Å²) in [5, 5.41) is 5.60. The molecule has 262 valence electrons. The summed E-state index contributed by atoms with van der Waals surface area (Å²) in [6, 6.07) is 33.3. The van der Waals surface area contributed by atoms with Crippen molar-refractivity contribution >= 4 is 67.4 Å². The lowest BCUT2D eigenvalue weighted by molar-refractivity contribution is 0.0485. The van der Waals surface area contributed by atoms with E-state index in [4.69, 9.17) is 22.3 Å². The number of fused-ring (bicyclic) bond motifs is 2. The van der Waals surface area contributed by atoms with Gasteiger partial charge in [-0.3, -0.25) is 4.57 Å². The maximum Gasteiger partial charge on any atom is 0.536 e. The van der Waals surface area contributed by atoms with E-state index >= 15 is 0 Å². The summed E-state index contributed by atoms with van der Waals surface area (Å²) in [5.74, 6) is 0. The number of hydrogen-bond acceptors (Lipinski definition) is 6. The fourth-order valence-electron chi connectivity index (χ4n) is 6.19. The van der Waals surface area contributed by atoms with Gasteiger partial charge in [0, 0.05) is 26.5 Å². The number of hydrogen-bond donors (Lipinski definition) is 0. The molecule has 0 saturated carbocycles. The Morgan fingerprint density at radius 1 is 0.540 bits per heavy atom. The molecule has 0 atom stereocenters. The van der Waals surface area contributed by atoms with Crippen molar-refractivity contribution < 1.29 is 26.9 Å². The number of rotatable bonds is 12. The molecule has 0 heterocycles. The lowest BCUT2D eigenvalue weighted by Gasteiger charge is -2.32. The first kappa shape index (κ1) is 37.6. The normalized spacial score (nSPS) is 13.3. The van der Waals surface area contributed by atoms with Crippen molar-refractivity contribution in [3.8, 4) is 0 Å². The molecule has 0 spiro atoms. The molecule has 5 aromatic rings. The van der Waals surface area contributed by atoms with Crippen LogP contribution >= 0.6 is 7.60 Å². The summed E-state index contributed by atoms with van der Waals surface area (Å²) >= 11 is 0. The molecule has 0 saturated heterocycles. The van der Waals surface area contributed by atoms with Gasteiger partial charge in [-0.2, -0.15) is 0 Å². The Hall–Kier alpha value is -3.65. The first-order chi connectivity index (χ1) is 23.7. The third-order valence-electron chi connectivity index (χ3n) is 8.15. The zero-order valence-corrected chi connectivity index (χ0v) is 32.5. The molecule has 8 heteroatoms.